The monoisotopic (exact) mass is 455 g/mol. The lowest BCUT2D eigenvalue weighted by Crippen LogP contribution is -2.24. The van der Waals surface area contributed by atoms with Crippen molar-refractivity contribution in [3.05, 3.63) is 64.2 Å². The Balaban J connectivity index is 1.39. The second-order valence-electron chi connectivity index (χ2n) is 6.40. The minimum absolute atomic E-state index is 0.0679. The normalized spacial score (nSPS) is 11.4. The molecule has 0 aliphatic carbocycles. The van der Waals surface area contributed by atoms with Crippen LogP contribution in [0, 0.1) is 5.82 Å². The first-order valence-electron chi connectivity index (χ1n) is 8.98. The zero-order valence-electron chi connectivity index (χ0n) is 15.4. The molecule has 0 radical (unpaired) electrons. The molecule has 5 rings (SSSR count). The van der Waals surface area contributed by atoms with Crippen molar-refractivity contribution in [2.75, 3.05) is 5.75 Å². The van der Waals surface area contributed by atoms with Gasteiger partial charge in [-0.25, -0.2) is 9.37 Å². The van der Waals surface area contributed by atoms with Gasteiger partial charge in [0.25, 0.3) is 0 Å². The first kappa shape index (κ1) is 19.2. The molecule has 10 heteroatoms. The summed E-state index contributed by atoms with van der Waals surface area (Å²) in [6, 6.07) is 10.3. The highest BCUT2D eigenvalue weighted by Crippen LogP contribution is 2.35. The van der Waals surface area contributed by atoms with Crippen LogP contribution in [0.15, 0.2) is 58.6 Å². The van der Waals surface area contributed by atoms with Crippen LogP contribution in [0.1, 0.15) is 4.88 Å². The smallest absolute Gasteiger partial charge is 0.230 e. The van der Waals surface area contributed by atoms with Crippen molar-refractivity contribution in [1.82, 2.24) is 24.9 Å². The number of thioether (sulfide) groups is 1. The molecule has 0 saturated heterocycles. The summed E-state index contributed by atoms with van der Waals surface area (Å²) in [5.74, 6) is -0.111. The standard InChI is InChI=1S/C20H14FN5OS3/c21-13-5-3-12(4-6-13)15-9-29-19-17(15)18-24-25-20(26(18)11-23-19)30-10-16(27)22-8-14-2-1-7-28-14/h1-7,9,11H,8,10H2,(H,22,27). The molecule has 1 N–H and O–H groups in total. The Kier molecular flexibility index (Phi) is 5.19. The van der Waals surface area contributed by atoms with E-state index in [9.17, 15) is 9.18 Å². The lowest BCUT2D eigenvalue weighted by Gasteiger charge is -2.04. The molecule has 4 aromatic heterocycles. The van der Waals surface area contributed by atoms with Crippen LogP contribution in [0.4, 0.5) is 4.39 Å². The number of carbonyl (C=O) groups is 1. The second-order valence-corrected chi connectivity index (χ2v) is 9.23. The maximum atomic E-state index is 13.3. The third-order valence-electron chi connectivity index (χ3n) is 4.48. The van der Waals surface area contributed by atoms with E-state index in [4.69, 9.17) is 0 Å². The maximum absolute atomic E-state index is 13.3. The van der Waals surface area contributed by atoms with E-state index in [0.29, 0.717) is 17.3 Å². The fraction of sp³-hybridized carbons (Fsp3) is 0.100. The molecule has 0 bridgehead atoms. The molecule has 6 nitrogen and oxygen atoms in total. The van der Waals surface area contributed by atoms with Crippen LogP contribution in [0.2, 0.25) is 0 Å². The summed E-state index contributed by atoms with van der Waals surface area (Å²) in [6.45, 7) is 0.524. The van der Waals surface area contributed by atoms with Gasteiger partial charge in [-0.05, 0) is 29.1 Å². The summed E-state index contributed by atoms with van der Waals surface area (Å²) in [5, 5.41) is 16.9. The van der Waals surface area contributed by atoms with E-state index in [1.807, 2.05) is 22.9 Å². The van der Waals surface area contributed by atoms with Crippen molar-refractivity contribution in [2.45, 2.75) is 11.7 Å². The summed E-state index contributed by atoms with van der Waals surface area (Å²) in [5.41, 5.74) is 2.50. The number of halogens is 1. The van der Waals surface area contributed by atoms with Gasteiger partial charge in [-0.3, -0.25) is 9.20 Å². The molecule has 0 atom stereocenters. The molecular weight excluding hydrogens is 441 g/mol. The number of benzene rings is 1. The lowest BCUT2D eigenvalue weighted by molar-refractivity contribution is -0.118. The predicted octanol–water partition coefficient (Wildman–Crippen LogP) is 4.62. The third kappa shape index (κ3) is 3.69. The molecule has 0 aliphatic heterocycles. The number of thiophene rings is 2. The van der Waals surface area contributed by atoms with Crippen molar-refractivity contribution in [3.8, 4) is 11.1 Å². The number of nitrogens with zero attached hydrogens (tertiary/aromatic N) is 4. The largest absolute Gasteiger partial charge is 0.350 e. The molecule has 0 aliphatic rings. The maximum Gasteiger partial charge on any atom is 0.230 e. The minimum atomic E-state index is -0.278. The first-order valence-corrected chi connectivity index (χ1v) is 11.7. The minimum Gasteiger partial charge on any atom is -0.350 e. The van der Waals surface area contributed by atoms with Crippen LogP contribution in [-0.4, -0.2) is 31.2 Å². The zero-order valence-corrected chi connectivity index (χ0v) is 17.9. The fourth-order valence-corrected chi connectivity index (χ4v) is 5.33. The predicted molar refractivity (Wildman–Crippen MR) is 118 cm³/mol. The molecule has 1 amide bonds. The molecule has 4 heterocycles. The molecule has 30 heavy (non-hydrogen) atoms. The third-order valence-corrected chi connectivity index (χ3v) is 7.18. The lowest BCUT2D eigenvalue weighted by atomic mass is 10.1. The number of rotatable bonds is 6. The van der Waals surface area contributed by atoms with Crippen LogP contribution < -0.4 is 5.32 Å². The molecule has 0 fully saturated rings. The summed E-state index contributed by atoms with van der Waals surface area (Å²) >= 11 is 4.42. The van der Waals surface area contributed by atoms with Crippen molar-refractivity contribution < 1.29 is 9.18 Å². The summed E-state index contributed by atoms with van der Waals surface area (Å²) in [6.07, 6.45) is 1.68. The molecule has 0 saturated carbocycles. The van der Waals surface area contributed by atoms with Crippen molar-refractivity contribution >= 4 is 56.2 Å². The molecule has 1 aromatic carbocycles. The SMILES string of the molecule is O=C(CSc1nnc2c3c(-c4ccc(F)cc4)csc3ncn12)NCc1cccs1. The Morgan fingerprint density at radius 2 is 2.03 bits per heavy atom. The van der Waals surface area contributed by atoms with Gasteiger partial charge < -0.3 is 5.32 Å². The summed E-state index contributed by atoms with van der Waals surface area (Å²) in [7, 11) is 0. The Morgan fingerprint density at radius 1 is 1.17 bits per heavy atom. The van der Waals surface area contributed by atoms with E-state index >= 15 is 0 Å². The molecule has 5 aromatic rings. The number of nitrogens with one attached hydrogen (secondary N) is 1. The number of aromatic nitrogens is 4. The van der Waals surface area contributed by atoms with Crippen LogP contribution in [0.5, 0.6) is 0 Å². The van der Waals surface area contributed by atoms with Gasteiger partial charge in [0.05, 0.1) is 17.7 Å². The Morgan fingerprint density at radius 3 is 2.83 bits per heavy atom. The van der Waals surface area contributed by atoms with E-state index in [2.05, 4.69) is 20.5 Å². The van der Waals surface area contributed by atoms with Crippen molar-refractivity contribution in [1.29, 1.82) is 0 Å². The summed E-state index contributed by atoms with van der Waals surface area (Å²) < 4.78 is 15.1. The van der Waals surface area contributed by atoms with Crippen LogP contribution in [-0.2, 0) is 11.3 Å². The zero-order chi connectivity index (χ0) is 20.5. The van der Waals surface area contributed by atoms with Crippen LogP contribution in [0.25, 0.3) is 27.0 Å². The highest BCUT2D eigenvalue weighted by molar-refractivity contribution is 7.99. The number of amides is 1. The highest BCUT2D eigenvalue weighted by Gasteiger charge is 2.17. The van der Waals surface area contributed by atoms with E-state index in [-0.39, 0.29) is 17.5 Å². The van der Waals surface area contributed by atoms with Gasteiger partial charge in [0.1, 0.15) is 17.0 Å². The summed E-state index contributed by atoms with van der Waals surface area (Å²) in [4.78, 5) is 18.6. The number of hydrogen-bond acceptors (Lipinski definition) is 7. The van der Waals surface area contributed by atoms with Crippen molar-refractivity contribution in [2.24, 2.45) is 0 Å². The van der Waals surface area contributed by atoms with Crippen molar-refractivity contribution in [3.63, 3.8) is 0 Å². The fourth-order valence-electron chi connectivity index (χ4n) is 3.04. The van der Waals surface area contributed by atoms with Gasteiger partial charge in [0, 0.05) is 15.8 Å². The first-order chi connectivity index (χ1) is 14.7. The highest BCUT2D eigenvalue weighted by atomic mass is 32.2. The molecule has 0 spiro atoms. The van der Waals surface area contributed by atoms with Gasteiger partial charge in [-0.1, -0.05) is 30.0 Å². The molecule has 0 unspecified atom stereocenters. The average Bonchev–Trinajstić information content (AvgIpc) is 3.50. The van der Waals surface area contributed by atoms with Gasteiger partial charge >= 0.3 is 0 Å². The van der Waals surface area contributed by atoms with E-state index < -0.39 is 0 Å². The molecule has 150 valence electrons. The Hall–Kier alpha value is -2.82. The van der Waals surface area contributed by atoms with Crippen LogP contribution >= 0.6 is 34.4 Å². The van der Waals surface area contributed by atoms with Gasteiger partial charge in [0.2, 0.25) is 5.91 Å². The quantitative estimate of drug-likeness (QED) is 0.379. The molecular formula is C20H14FN5OS3. The van der Waals surface area contributed by atoms with Gasteiger partial charge in [-0.2, -0.15) is 0 Å². The van der Waals surface area contributed by atoms with Crippen LogP contribution in [0.3, 0.4) is 0 Å². The Labute approximate surface area is 182 Å². The second kappa shape index (κ2) is 8.13. The van der Waals surface area contributed by atoms with Gasteiger partial charge in [0.15, 0.2) is 10.8 Å². The number of hydrogen-bond donors (Lipinski definition) is 1. The van der Waals surface area contributed by atoms with Gasteiger partial charge in [-0.15, -0.1) is 32.9 Å². The average molecular weight is 456 g/mol. The number of fused-ring (bicyclic) bond motifs is 3. The number of carbonyl (C=O) groups excluding carboxylic acids is 1. The van der Waals surface area contributed by atoms with E-state index in [1.54, 1.807) is 34.2 Å². The van der Waals surface area contributed by atoms with E-state index in [0.717, 1.165) is 26.2 Å². The van der Waals surface area contributed by atoms with E-state index in [1.165, 1.54) is 35.2 Å². The Bertz CT molecular complexity index is 1330. The topological polar surface area (TPSA) is 72.2 Å².